The van der Waals surface area contributed by atoms with Crippen molar-refractivity contribution in [1.82, 2.24) is 14.6 Å². The van der Waals surface area contributed by atoms with Gasteiger partial charge in [0, 0.05) is 40.1 Å². The second kappa shape index (κ2) is 7.23. The summed E-state index contributed by atoms with van der Waals surface area (Å²) in [5.74, 6) is 0. The summed E-state index contributed by atoms with van der Waals surface area (Å²) in [4.78, 5) is 15.2. The van der Waals surface area contributed by atoms with Crippen molar-refractivity contribution >= 4 is 27.5 Å². The van der Waals surface area contributed by atoms with E-state index in [2.05, 4.69) is 40.0 Å². The van der Waals surface area contributed by atoms with Crippen molar-refractivity contribution in [1.29, 1.82) is 0 Å². The van der Waals surface area contributed by atoms with E-state index in [-0.39, 0.29) is 6.61 Å². The molecule has 0 saturated heterocycles. The van der Waals surface area contributed by atoms with Crippen LogP contribution in [0.1, 0.15) is 23.9 Å². The van der Waals surface area contributed by atoms with Crippen LogP contribution in [0, 0.1) is 6.92 Å². The maximum absolute atomic E-state index is 10.9. The largest absolute Gasteiger partial charge is 0.449 e. The zero-order valence-corrected chi connectivity index (χ0v) is 15.7. The van der Waals surface area contributed by atoms with Gasteiger partial charge in [0.15, 0.2) is 0 Å². The molecule has 0 spiro atoms. The van der Waals surface area contributed by atoms with Crippen molar-refractivity contribution in [2.24, 2.45) is 5.73 Å². The molecule has 0 radical (unpaired) electrons. The molecule has 0 aromatic carbocycles. The molecule has 3 aromatic heterocycles. The van der Waals surface area contributed by atoms with Crippen LogP contribution >= 0.6 is 15.9 Å². The summed E-state index contributed by atoms with van der Waals surface area (Å²) < 4.78 is 7.81. The Bertz CT molecular complexity index is 936. The number of nitrogens with two attached hydrogens (primary N) is 1. The van der Waals surface area contributed by atoms with E-state index in [9.17, 15) is 4.79 Å². The number of hydrogen-bond acceptors (Lipinski definition) is 4. The monoisotopic (exact) mass is 402 g/mol. The van der Waals surface area contributed by atoms with E-state index in [0.29, 0.717) is 6.42 Å². The first-order chi connectivity index (χ1) is 12.0. The van der Waals surface area contributed by atoms with Crippen molar-refractivity contribution in [3.05, 3.63) is 52.0 Å². The van der Waals surface area contributed by atoms with Gasteiger partial charge in [0.1, 0.15) is 0 Å². The van der Waals surface area contributed by atoms with Crippen LogP contribution in [0.25, 0.3) is 16.6 Å². The Kier molecular flexibility index (Phi) is 5.03. The molecule has 7 heteroatoms. The van der Waals surface area contributed by atoms with Crippen LogP contribution in [0.3, 0.4) is 0 Å². The Labute approximate surface area is 154 Å². The lowest BCUT2D eigenvalue weighted by molar-refractivity contribution is 0.158. The van der Waals surface area contributed by atoms with Gasteiger partial charge in [-0.3, -0.25) is 4.98 Å². The molecule has 0 saturated carbocycles. The molecule has 0 bridgehead atoms. The molecular weight excluding hydrogens is 384 g/mol. The summed E-state index contributed by atoms with van der Waals surface area (Å²) in [6, 6.07) is 6.18. The van der Waals surface area contributed by atoms with Crippen LogP contribution in [-0.2, 0) is 17.6 Å². The van der Waals surface area contributed by atoms with Gasteiger partial charge in [0.25, 0.3) is 0 Å². The molecule has 3 aromatic rings. The highest BCUT2D eigenvalue weighted by Gasteiger charge is 2.17. The standard InChI is InChI=1S/C18H19BrN4O2/c1-3-14-4-5-16-17(12-8-13(19)10-21-9-12)15(6-7-25-18(20)24)11(2)22-23(14)16/h4-5,8-10H,3,6-7H2,1-2H3,(H2,20,24). The highest BCUT2D eigenvalue weighted by Crippen LogP contribution is 2.32. The summed E-state index contributed by atoms with van der Waals surface area (Å²) in [7, 11) is 0. The van der Waals surface area contributed by atoms with Crippen molar-refractivity contribution in [3.63, 3.8) is 0 Å². The van der Waals surface area contributed by atoms with Crippen molar-refractivity contribution in [2.45, 2.75) is 26.7 Å². The van der Waals surface area contributed by atoms with E-state index in [1.165, 1.54) is 0 Å². The predicted molar refractivity (Wildman–Crippen MR) is 99.5 cm³/mol. The normalized spacial score (nSPS) is 11.0. The SMILES string of the molecule is CCc1ccc2c(-c3cncc(Br)c3)c(CCOC(N)=O)c(C)nn12. The fourth-order valence-corrected chi connectivity index (χ4v) is 3.39. The molecule has 0 aliphatic carbocycles. The number of carbonyl (C=O) groups is 1. The first-order valence-corrected chi connectivity index (χ1v) is 8.83. The number of fused-ring (bicyclic) bond motifs is 1. The summed E-state index contributed by atoms with van der Waals surface area (Å²) in [6.45, 7) is 4.28. The fourth-order valence-electron chi connectivity index (χ4n) is 3.02. The summed E-state index contributed by atoms with van der Waals surface area (Å²) in [5, 5.41) is 4.73. The second-order valence-electron chi connectivity index (χ2n) is 5.72. The molecule has 25 heavy (non-hydrogen) atoms. The molecule has 0 fully saturated rings. The van der Waals surface area contributed by atoms with Crippen LogP contribution in [-0.4, -0.2) is 27.3 Å². The first-order valence-electron chi connectivity index (χ1n) is 8.04. The smallest absolute Gasteiger partial charge is 0.404 e. The third-order valence-corrected chi connectivity index (χ3v) is 4.56. The topological polar surface area (TPSA) is 82.5 Å². The van der Waals surface area contributed by atoms with Crippen LogP contribution in [0.15, 0.2) is 35.1 Å². The van der Waals surface area contributed by atoms with Crippen LogP contribution in [0.5, 0.6) is 0 Å². The van der Waals surface area contributed by atoms with E-state index in [1.54, 1.807) is 6.20 Å². The van der Waals surface area contributed by atoms with E-state index in [1.807, 2.05) is 23.7 Å². The fraction of sp³-hybridized carbons (Fsp3) is 0.278. The summed E-state index contributed by atoms with van der Waals surface area (Å²) >= 11 is 3.49. The molecule has 3 rings (SSSR count). The second-order valence-corrected chi connectivity index (χ2v) is 6.64. The maximum Gasteiger partial charge on any atom is 0.404 e. The zero-order valence-electron chi connectivity index (χ0n) is 14.1. The van der Waals surface area contributed by atoms with Crippen molar-refractivity contribution in [2.75, 3.05) is 6.61 Å². The number of rotatable bonds is 5. The molecule has 3 heterocycles. The molecular formula is C18H19BrN4O2. The van der Waals surface area contributed by atoms with Gasteiger partial charge in [-0.15, -0.1) is 0 Å². The van der Waals surface area contributed by atoms with Gasteiger partial charge in [-0.2, -0.15) is 5.10 Å². The highest BCUT2D eigenvalue weighted by atomic mass is 79.9. The molecule has 130 valence electrons. The molecule has 0 unspecified atom stereocenters. The molecule has 0 aliphatic heterocycles. The Morgan fingerprint density at radius 2 is 2.16 bits per heavy atom. The third-order valence-electron chi connectivity index (χ3n) is 4.13. The highest BCUT2D eigenvalue weighted by molar-refractivity contribution is 9.10. The quantitative estimate of drug-likeness (QED) is 0.705. The van der Waals surface area contributed by atoms with Gasteiger partial charge in [0.2, 0.25) is 0 Å². The number of ether oxygens (including phenoxy) is 1. The number of aromatic nitrogens is 3. The van der Waals surface area contributed by atoms with E-state index < -0.39 is 6.09 Å². The first kappa shape index (κ1) is 17.4. The minimum atomic E-state index is -0.770. The Balaban J connectivity index is 2.20. The van der Waals surface area contributed by atoms with Crippen molar-refractivity contribution in [3.8, 4) is 11.1 Å². The van der Waals surface area contributed by atoms with E-state index >= 15 is 0 Å². The molecule has 1 amide bonds. The van der Waals surface area contributed by atoms with Gasteiger partial charge in [-0.25, -0.2) is 9.31 Å². The Morgan fingerprint density at radius 1 is 1.36 bits per heavy atom. The average Bonchev–Trinajstić information content (AvgIpc) is 2.97. The van der Waals surface area contributed by atoms with Crippen LogP contribution in [0.4, 0.5) is 4.79 Å². The number of hydrogen-bond donors (Lipinski definition) is 1. The summed E-state index contributed by atoms with van der Waals surface area (Å²) in [6.07, 6.45) is 4.23. The average molecular weight is 403 g/mol. The number of nitrogens with zero attached hydrogens (tertiary/aromatic N) is 3. The van der Waals surface area contributed by atoms with Gasteiger partial charge >= 0.3 is 6.09 Å². The minimum absolute atomic E-state index is 0.212. The van der Waals surface area contributed by atoms with Gasteiger partial charge in [-0.1, -0.05) is 6.92 Å². The number of carbonyl (C=O) groups excluding carboxylic acids is 1. The summed E-state index contributed by atoms with van der Waals surface area (Å²) in [5.41, 5.74) is 11.2. The molecule has 2 N–H and O–H groups in total. The van der Waals surface area contributed by atoms with Gasteiger partial charge < -0.3 is 10.5 Å². The number of aryl methyl sites for hydroxylation is 2. The lowest BCUT2D eigenvalue weighted by Gasteiger charge is -2.15. The lowest BCUT2D eigenvalue weighted by Crippen LogP contribution is -2.16. The zero-order chi connectivity index (χ0) is 18.0. The van der Waals surface area contributed by atoms with Crippen molar-refractivity contribution < 1.29 is 9.53 Å². The van der Waals surface area contributed by atoms with Crippen LogP contribution in [0.2, 0.25) is 0 Å². The number of halogens is 1. The number of primary amides is 1. The van der Waals surface area contributed by atoms with Gasteiger partial charge in [0.05, 0.1) is 17.8 Å². The lowest BCUT2D eigenvalue weighted by atomic mass is 9.98. The third kappa shape index (κ3) is 3.51. The Hall–Kier alpha value is -2.41. The van der Waals surface area contributed by atoms with E-state index in [0.717, 1.165) is 44.5 Å². The molecule has 6 nitrogen and oxygen atoms in total. The molecule has 0 aliphatic rings. The van der Waals surface area contributed by atoms with Gasteiger partial charge in [-0.05, 0) is 53.0 Å². The maximum atomic E-state index is 10.9. The van der Waals surface area contributed by atoms with Crippen LogP contribution < -0.4 is 5.73 Å². The predicted octanol–water partition coefficient (Wildman–Crippen LogP) is 3.67. The minimum Gasteiger partial charge on any atom is -0.449 e. The Morgan fingerprint density at radius 3 is 2.84 bits per heavy atom. The number of pyridine rings is 1. The molecule has 0 atom stereocenters. The number of amides is 1. The van der Waals surface area contributed by atoms with E-state index in [4.69, 9.17) is 15.6 Å².